The zero-order valence-corrected chi connectivity index (χ0v) is 21.7. The number of H-pyrrole nitrogens is 1. The zero-order valence-electron chi connectivity index (χ0n) is 20.9. The quantitative estimate of drug-likeness (QED) is 0.521. The molecule has 0 bridgehead atoms. The molecule has 1 fully saturated rings. The summed E-state index contributed by atoms with van der Waals surface area (Å²) in [6, 6.07) is 11.3. The minimum Gasteiger partial charge on any atom is -0.325 e. The van der Waals surface area contributed by atoms with Crippen LogP contribution in [0, 0.1) is 26.7 Å². The maximum absolute atomic E-state index is 13.4. The van der Waals surface area contributed by atoms with Crippen molar-refractivity contribution in [2.45, 2.75) is 58.3 Å². The lowest BCUT2D eigenvalue weighted by atomic mass is 9.97. The summed E-state index contributed by atoms with van der Waals surface area (Å²) in [6.45, 7) is 10.3. The van der Waals surface area contributed by atoms with Gasteiger partial charge in [-0.2, -0.15) is 9.40 Å². The van der Waals surface area contributed by atoms with E-state index >= 15 is 0 Å². The number of anilines is 1. The first-order valence-electron chi connectivity index (χ1n) is 12.0. The van der Waals surface area contributed by atoms with Crippen molar-refractivity contribution < 1.29 is 13.2 Å². The summed E-state index contributed by atoms with van der Waals surface area (Å²) >= 11 is 0. The Balaban J connectivity index is 1.45. The van der Waals surface area contributed by atoms with Crippen LogP contribution >= 0.6 is 0 Å². The zero-order chi connectivity index (χ0) is 25.3. The van der Waals surface area contributed by atoms with Gasteiger partial charge in [0.25, 0.3) is 0 Å². The number of amides is 1. The number of rotatable bonds is 6. The molecule has 8 nitrogen and oxygen atoms in total. The Morgan fingerprint density at radius 1 is 1.09 bits per heavy atom. The normalized spacial score (nSPS) is 15.5. The van der Waals surface area contributed by atoms with Crippen LogP contribution in [0.2, 0.25) is 0 Å². The Hall–Kier alpha value is -3.04. The van der Waals surface area contributed by atoms with E-state index in [1.54, 1.807) is 0 Å². The number of para-hydroxylation sites is 1. The van der Waals surface area contributed by atoms with Gasteiger partial charge in [-0.05, 0) is 56.9 Å². The van der Waals surface area contributed by atoms with Gasteiger partial charge in [0.1, 0.15) is 5.82 Å². The van der Waals surface area contributed by atoms with Crippen LogP contribution in [0.1, 0.15) is 55.1 Å². The fraction of sp³-hybridized carbons (Fsp3) is 0.423. The third-order valence-electron chi connectivity index (χ3n) is 6.50. The molecule has 1 saturated heterocycles. The monoisotopic (exact) mass is 495 g/mol. The van der Waals surface area contributed by atoms with E-state index in [0.717, 1.165) is 28.1 Å². The summed E-state index contributed by atoms with van der Waals surface area (Å²) < 4.78 is 28.2. The number of nitrogens with zero attached hydrogens (tertiary/aromatic N) is 3. The van der Waals surface area contributed by atoms with E-state index in [4.69, 9.17) is 0 Å². The van der Waals surface area contributed by atoms with Crippen molar-refractivity contribution in [3.05, 3.63) is 58.9 Å². The molecule has 0 spiro atoms. The summed E-state index contributed by atoms with van der Waals surface area (Å²) in [4.78, 5) is 18.0. The number of aromatic nitrogens is 3. The second-order valence-electron chi connectivity index (χ2n) is 9.64. The molecule has 186 valence electrons. The summed E-state index contributed by atoms with van der Waals surface area (Å²) in [5.41, 5.74) is 3.94. The number of aromatic amines is 1. The van der Waals surface area contributed by atoms with Gasteiger partial charge in [-0.25, -0.2) is 13.4 Å². The van der Waals surface area contributed by atoms with Crippen LogP contribution in [0.3, 0.4) is 0 Å². The molecule has 2 N–H and O–H groups in total. The molecule has 0 atom stereocenters. The van der Waals surface area contributed by atoms with Gasteiger partial charge in [0.05, 0.1) is 10.6 Å². The lowest BCUT2D eigenvalue weighted by Crippen LogP contribution is -2.41. The molecule has 1 aliphatic heterocycles. The number of hydrogen-bond donors (Lipinski definition) is 2. The van der Waals surface area contributed by atoms with Crippen LogP contribution in [-0.4, -0.2) is 46.9 Å². The molecule has 0 saturated carbocycles. The van der Waals surface area contributed by atoms with Crippen molar-refractivity contribution in [2.24, 2.45) is 5.92 Å². The molecule has 2 aromatic carbocycles. The van der Waals surface area contributed by atoms with Crippen molar-refractivity contribution in [3.8, 4) is 11.4 Å². The van der Waals surface area contributed by atoms with Crippen LogP contribution in [-0.2, 0) is 14.8 Å². The Kier molecular flexibility index (Phi) is 7.10. The summed E-state index contributed by atoms with van der Waals surface area (Å²) in [7, 11) is -3.61. The highest BCUT2D eigenvalue weighted by atomic mass is 32.2. The smallest absolute Gasteiger partial charge is 0.243 e. The van der Waals surface area contributed by atoms with Crippen LogP contribution in [0.15, 0.2) is 41.3 Å². The van der Waals surface area contributed by atoms with Crippen molar-refractivity contribution in [1.29, 1.82) is 0 Å². The standard InChI is InChI=1S/C26H33N5O3S/c1-16(2)24-28-25(30-29-24)21-8-6-7-9-22(21)27-26(32)20-10-12-31(13-11-20)35(33,34)23-18(4)14-17(3)15-19(23)5/h6-9,14-16,20H,10-13H2,1-5H3,(H,27,32)(H,28,29,30). The Labute approximate surface area is 207 Å². The van der Waals surface area contributed by atoms with Crippen LogP contribution in [0.5, 0.6) is 0 Å². The summed E-state index contributed by atoms with van der Waals surface area (Å²) in [6.07, 6.45) is 0.935. The number of nitrogens with one attached hydrogen (secondary N) is 2. The SMILES string of the molecule is Cc1cc(C)c(S(=O)(=O)N2CCC(C(=O)Nc3ccccc3-c3n[nH]c(C(C)C)n3)CC2)c(C)c1. The van der Waals surface area contributed by atoms with Gasteiger partial charge in [0.15, 0.2) is 5.82 Å². The topological polar surface area (TPSA) is 108 Å². The molecule has 0 unspecified atom stereocenters. The lowest BCUT2D eigenvalue weighted by molar-refractivity contribution is -0.120. The fourth-order valence-electron chi connectivity index (χ4n) is 4.74. The first-order valence-corrected chi connectivity index (χ1v) is 13.4. The molecule has 1 aromatic heterocycles. The van der Waals surface area contributed by atoms with Crippen molar-refractivity contribution in [2.75, 3.05) is 18.4 Å². The minimum absolute atomic E-state index is 0.114. The predicted molar refractivity (Wildman–Crippen MR) is 137 cm³/mol. The van der Waals surface area contributed by atoms with Gasteiger partial charge in [-0.15, -0.1) is 0 Å². The minimum atomic E-state index is -3.61. The number of benzene rings is 2. The van der Waals surface area contributed by atoms with Crippen molar-refractivity contribution in [1.82, 2.24) is 19.5 Å². The lowest BCUT2D eigenvalue weighted by Gasteiger charge is -2.31. The second-order valence-corrected chi connectivity index (χ2v) is 11.5. The highest BCUT2D eigenvalue weighted by Gasteiger charge is 2.34. The first-order chi connectivity index (χ1) is 16.6. The molecule has 9 heteroatoms. The molecule has 3 aromatic rings. The molecule has 1 amide bonds. The highest BCUT2D eigenvalue weighted by molar-refractivity contribution is 7.89. The maximum Gasteiger partial charge on any atom is 0.243 e. The van der Waals surface area contributed by atoms with Crippen LogP contribution < -0.4 is 5.32 Å². The maximum atomic E-state index is 13.4. The average molecular weight is 496 g/mol. The third-order valence-corrected chi connectivity index (χ3v) is 8.71. The van der Waals surface area contributed by atoms with E-state index in [1.807, 2.05) is 71.0 Å². The van der Waals surface area contributed by atoms with Gasteiger partial charge >= 0.3 is 0 Å². The molecule has 0 aliphatic carbocycles. The predicted octanol–water partition coefficient (Wildman–Crippen LogP) is 4.56. The second kappa shape index (κ2) is 9.91. The van der Waals surface area contributed by atoms with E-state index in [2.05, 4.69) is 20.5 Å². The number of carbonyl (C=O) groups excluding carboxylic acids is 1. The number of piperidine rings is 1. The molecular formula is C26H33N5O3S. The Morgan fingerprint density at radius 3 is 2.31 bits per heavy atom. The molecule has 2 heterocycles. The van der Waals surface area contributed by atoms with Crippen molar-refractivity contribution >= 4 is 21.6 Å². The third kappa shape index (κ3) is 5.16. The molecule has 0 radical (unpaired) electrons. The molecule has 35 heavy (non-hydrogen) atoms. The number of carbonyl (C=O) groups is 1. The van der Waals surface area contributed by atoms with Gasteiger partial charge in [-0.1, -0.05) is 43.7 Å². The van der Waals surface area contributed by atoms with Gasteiger partial charge in [0.2, 0.25) is 15.9 Å². The van der Waals surface area contributed by atoms with E-state index in [9.17, 15) is 13.2 Å². The summed E-state index contributed by atoms with van der Waals surface area (Å²) in [5.74, 6) is 1.15. The van der Waals surface area contributed by atoms with Gasteiger partial charge < -0.3 is 5.32 Å². The number of aryl methyl sites for hydroxylation is 3. The van der Waals surface area contributed by atoms with Crippen molar-refractivity contribution in [3.63, 3.8) is 0 Å². The highest BCUT2D eigenvalue weighted by Crippen LogP contribution is 2.31. The Morgan fingerprint density at radius 2 is 1.71 bits per heavy atom. The fourth-order valence-corrected chi connectivity index (χ4v) is 6.62. The van der Waals surface area contributed by atoms with E-state index in [1.165, 1.54) is 4.31 Å². The van der Waals surface area contributed by atoms with E-state index in [-0.39, 0.29) is 17.7 Å². The Bertz CT molecular complexity index is 1320. The number of sulfonamides is 1. The molecule has 4 rings (SSSR count). The first kappa shape index (κ1) is 25.1. The van der Waals surface area contributed by atoms with E-state index in [0.29, 0.717) is 42.3 Å². The van der Waals surface area contributed by atoms with Crippen LogP contribution in [0.25, 0.3) is 11.4 Å². The number of hydrogen-bond acceptors (Lipinski definition) is 5. The van der Waals surface area contributed by atoms with Gasteiger partial charge in [-0.3, -0.25) is 9.89 Å². The molecular weight excluding hydrogens is 462 g/mol. The van der Waals surface area contributed by atoms with Gasteiger partial charge in [0, 0.05) is 30.5 Å². The van der Waals surface area contributed by atoms with E-state index < -0.39 is 10.0 Å². The largest absolute Gasteiger partial charge is 0.325 e. The summed E-state index contributed by atoms with van der Waals surface area (Å²) in [5, 5.41) is 10.3. The van der Waals surface area contributed by atoms with Crippen LogP contribution in [0.4, 0.5) is 5.69 Å². The molecule has 1 aliphatic rings. The average Bonchev–Trinajstić information content (AvgIpc) is 3.29.